The van der Waals surface area contributed by atoms with Gasteiger partial charge in [-0.3, -0.25) is 0 Å². The molecule has 0 saturated heterocycles. The normalized spacial score (nSPS) is 29.5. The van der Waals surface area contributed by atoms with Crippen LogP contribution in [0.5, 0.6) is 0 Å². The van der Waals surface area contributed by atoms with Crippen molar-refractivity contribution in [2.24, 2.45) is 5.92 Å². The minimum Gasteiger partial charge on any atom is -0.368 e. The van der Waals surface area contributed by atoms with Crippen molar-refractivity contribution in [2.75, 3.05) is 6.61 Å². The molecule has 2 rings (SSSR count). The summed E-state index contributed by atoms with van der Waals surface area (Å²) < 4.78 is 6.07. The Labute approximate surface area is 112 Å². The Morgan fingerprint density at radius 2 is 2.24 bits per heavy atom. The highest BCUT2D eigenvalue weighted by atomic mass is 35.5. The van der Waals surface area contributed by atoms with Crippen LogP contribution in [0.25, 0.3) is 0 Å². The summed E-state index contributed by atoms with van der Waals surface area (Å²) in [5.74, 6) is 1.31. The first-order chi connectivity index (χ1) is 8.20. The topological polar surface area (TPSA) is 22.1 Å². The molecular weight excluding hydrogens is 254 g/mol. The first-order valence-corrected chi connectivity index (χ1v) is 7.76. The van der Waals surface area contributed by atoms with E-state index in [0.29, 0.717) is 5.88 Å². The largest absolute Gasteiger partial charge is 0.368 e. The summed E-state index contributed by atoms with van der Waals surface area (Å²) in [6.45, 7) is 5.14. The highest BCUT2D eigenvalue weighted by molar-refractivity contribution is 7.09. The maximum Gasteiger partial charge on any atom is 0.125 e. The van der Waals surface area contributed by atoms with E-state index in [1.165, 1.54) is 12.8 Å². The lowest BCUT2D eigenvalue weighted by Crippen LogP contribution is -2.34. The molecule has 0 unspecified atom stereocenters. The molecule has 0 N–H and O–H groups in total. The Bertz CT molecular complexity index is 358. The Balaban J connectivity index is 2.21. The third-order valence-corrected chi connectivity index (χ3v) is 4.93. The van der Waals surface area contributed by atoms with Gasteiger partial charge in [-0.25, -0.2) is 4.98 Å². The third-order valence-electron chi connectivity index (χ3n) is 3.58. The van der Waals surface area contributed by atoms with Gasteiger partial charge >= 0.3 is 0 Å². The fraction of sp³-hybridized carbons (Fsp3) is 0.769. The summed E-state index contributed by atoms with van der Waals surface area (Å²) in [4.78, 5) is 4.63. The van der Waals surface area contributed by atoms with E-state index < -0.39 is 0 Å². The number of ether oxygens (including phenoxy) is 1. The molecule has 1 aromatic rings. The molecule has 0 radical (unpaired) electrons. The van der Waals surface area contributed by atoms with Crippen LogP contribution in [0.1, 0.15) is 50.2 Å². The Morgan fingerprint density at radius 3 is 2.76 bits per heavy atom. The van der Waals surface area contributed by atoms with E-state index in [9.17, 15) is 0 Å². The predicted molar refractivity (Wildman–Crippen MR) is 72.6 cm³/mol. The second kappa shape index (κ2) is 5.68. The average molecular weight is 274 g/mol. The van der Waals surface area contributed by atoms with Gasteiger partial charge < -0.3 is 4.74 Å². The lowest BCUT2D eigenvalue weighted by molar-refractivity contribution is -0.0776. The van der Waals surface area contributed by atoms with E-state index >= 15 is 0 Å². The average Bonchev–Trinajstić information content (AvgIpc) is 2.82. The number of halogens is 1. The molecule has 17 heavy (non-hydrogen) atoms. The fourth-order valence-corrected chi connectivity index (χ4v) is 3.76. The highest BCUT2D eigenvalue weighted by Gasteiger charge is 2.39. The fourth-order valence-electron chi connectivity index (χ4n) is 2.50. The smallest absolute Gasteiger partial charge is 0.125 e. The Morgan fingerprint density at radius 1 is 1.53 bits per heavy atom. The minimum absolute atomic E-state index is 0.129. The molecule has 0 aliphatic heterocycles. The molecule has 0 spiro atoms. The van der Waals surface area contributed by atoms with Crippen molar-refractivity contribution in [2.45, 2.75) is 51.0 Å². The molecule has 1 heterocycles. The van der Waals surface area contributed by atoms with Gasteiger partial charge in [-0.05, 0) is 38.5 Å². The molecule has 96 valence electrons. The van der Waals surface area contributed by atoms with E-state index in [2.05, 4.69) is 24.2 Å². The lowest BCUT2D eigenvalue weighted by atomic mass is 9.79. The van der Waals surface area contributed by atoms with Crippen molar-refractivity contribution in [1.82, 2.24) is 4.98 Å². The molecule has 0 aromatic carbocycles. The van der Waals surface area contributed by atoms with Crippen molar-refractivity contribution < 1.29 is 4.74 Å². The molecule has 1 aliphatic rings. The van der Waals surface area contributed by atoms with Crippen LogP contribution in [0, 0.1) is 5.92 Å². The summed E-state index contributed by atoms with van der Waals surface area (Å²) in [6, 6.07) is 0. The van der Waals surface area contributed by atoms with Crippen LogP contribution in [-0.4, -0.2) is 11.6 Å². The molecule has 2 nitrogen and oxygen atoms in total. The zero-order valence-electron chi connectivity index (χ0n) is 10.5. The van der Waals surface area contributed by atoms with Crippen LogP contribution >= 0.6 is 22.9 Å². The highest BCUT2D eigenvalue weighted by Crippen LogP contribution is 2.43. The lowest BCUT2D eigenvalue weighted by Gasteiger charge is -2.37. The van der Waals surface area contributed by atoms with E-state index in [0.717, 1.165) is 36.1 Å². The Hall–Kier alpha value is -0.120. The zero-order valence-corrected chi connectivity index (χ0v) is 12.1. The van der Waals surface area contributed by atoms with Gasteiger partial charge in [-0.15, -0.1) is 22.9 Å². The van der Waals surface area contributed by atoms with E-state index in [-0.39, 0.29) is 5.60 Å². The van der Waals surface area contributed by atoms with E-state index in [4.69, 9.17) is 16.3 Å². The standard InChI is InChI=1S/C13H20ClNOS/c1-3-16-13(6-4-10(2)5-7-13)12-15-11(8-14)9-17-12/h9-10H,3-8H2,1-2H3. The van der Waals surface area contributed by atoms with Crippen LogP contribution in [0.4, 0.5) is 0 Å². The summed E-state index contributed by atoms with van der Waals surface area (Å²) in [5.41, 5.74) is 0.848. The van der Waals surface area contributed by atoms with Crippen LogP contribution in [-0.2, 0) is 16.2 Å². The zero-order chi connectivity index (χ0) is 12.3. The molecule has 0 bridgehead atoms. The van der Waals surface area contributed by atoms with E-state index in [1.807, 2.05) is 0 Å². The molecule has 4 heteroatoms. The first kappa shape index (κ1) is 13.3. The summed E-state index contributed by atoms with van der Waals surface area (Å²) in [7, 11) is 0. The van der Waals surface area contributed by atoms with Crippen LogP contribution < -0.4 is 0 Å². The van der Waals surface area contributed by atoms with Crippen LogP contribution in [0.15, 0.2) is 5.38 Å². The summed E-state index contributed by atoms with van der Waals surface area (Å²) in [5, 5.41) is 3.18. The van der Waals surface area contributed by atoms with Gasteiger partial charge in [-0.2, -0.15) is 0 Å². The third kappa shape index (κ3) is 2.83. The molecule has 1 aromatic heterocycles. The second-order valence-electron chi connectivity index (χ2n) is 4.89. The van der Waals surface area contributed by atoms with Gasteiger partial charge in [0.1, 0.15) is 10.6 Å². The molecule has 1 saturated carbocycles. The van der Waals surface area contributed by atoms with Gasteiger partial charge in [0.15, 0.2) is 0 Å². The molecule has 1 aliphatic carbocycles. The van der Waals surface area contributed by atoms with Crippen molar-refractivity contribution >= 4 is 22.9 Å². The molecule has 1 fully saturated rings. The number of rotatable bonds is 4. The maximum absolute atomic E-state index is 6.07. The van der Waals surface area contributed by atoms with Crippen molar-refractivity contribution in [3.05, 3.63) is 16.1 Å². The van der Waals surface area contributed by atoms with Gasteiger partial charge in [0.2, 0.25) is 0 Å². The number of alkyl halides is 1. The maximum atomic E-state index is 6.07. The van der Waals surface area contributed by atoms with Gasteiger partial charge in [0, 0.05) is 12.0 Å². The monoisotopic (exact) mass is 273 g/mol. The summed E-state index contributed by atoms with van der Waals surface area (Å²) >= 11 is 7.53. The van der Waals surface area contributed by atoms with Gasteiger partial charge in [-0.1, -0.05) is 6.92 Å². The van der Waals surface area contributed by atoms with Gasteiger partial charge in [0.25, 0.3) is 0 Å². The van der Waals surface area contributed by atoms with Crippen LogP contribution in [0.3, 0.4) is 0 Å². The molecular formula is C13H20ClNOS. The predicted octanol–water partition coefficient (Wildman–Crippen LogP) is 4.32. The van der Waals surface area contributed by atoms with Crippen LogP contribution in [0.2, 0.25) is 0 Å². The van der Waals surface area contributed by atoms with Gasteiger partial charge in [0.05, 0.1) is 11.6 Å². The first-order valence-electron chi connectivity index (χ1n) is 6.35. The number of aromatic nitrogens is 1. The van der Waals surface area contributed by atoms with Crippen molar-refractivity contribution in [3.63, 3.8) is 0 Å². The van der Waals surface area contributed by atoms with Crippen molar-refractivity contribution in [1.29, 1.82) is 0 Å². The quantitative estimate of drug-likeness (QED) is 0.762. The number of hydrogen-bond donors (Lipinski definition) is 0. The minimum atomic E-state index is -0.129. The Kier molecular flexibility index (Phi) is 4.45. The SMILES string of the molecule is CCOC1(c2nc(CCl)cs2)CCC(C)CC1. The number of thiazole rings is 1. The summed E-state index contributed by atoms with van der Waals surface area (Å²) in [6.07, 6.45) is 4.65. The molecule has 0 atom stereocenters. The number of nitrogens with zero attached hydrogens (tertiary/aromatic N) is 1. The van der Waals surface area contributed by atoms with E-state index in [1.54, 1.807) is 11.3 Å². The number of hydrogen-bond acceptors (Lipinski definition) is 3. The molecule has 0 amide bonds. The van der Waals surface area contributed by atoms with Crippen molar-refractivity contribution in [3.8, 4) is 0 Å². The second-order valence-corrected chi connectivity index (χ2v) is 6.01.